The zero-order valence-electron chi connectivity index (χ0n) is 11.6. The molecule has 1 fully saturated rings. The van der Waals surface area contributed by atoms with Crippen molar-refractivity contribution in [3.63, 3.8) is 0 Å². The number of amides is 1. The highest BCUT2D eigenvalue weighted by atomic mass is 16.5. The highest BCUT2D eigenvalue weighted by Crippen LogP contribution is 2.27. The smallest absolute Gasteiger partial charge is 0.292 e. The Morgan fingerprint density at radius 2 is 2.29 bits per heavy atom. The van der Waals surface area contributed by atoms with Gasteiger partial charge in [0, 0.05) is 23.8 Å². The van der Waals surface area contributed by atoms with E-state index in [1.54, 1.807) is 0 Å². The molecule has 2 heterocycles. The minimum absolute atomic E-state index is 0.104. The van der Waals surface area contributed by atoms with Crippen molar-refractivity contribution in [2.75, 3.05) is 11.9 Å². The second-order valence-corrected chi connectivity index (χ2v) is 5.57. The molecule has 1 aliphatic heterocycles. The molecule has 1 aromatic heterocycles. The number of nitrogens with zero attached hydrogens (tertiary/aromatic N) is 2. The summed E-state index contributed by atoms with van der Waals surface area (Å²) in [5, 5.41) is 9.99. The average Bonchev–Trinajstić information content (AvgIpc) is 3.18. The van der Waals surface area contributed by atoms with Gasteiger partial charge in [-0.15, -0.1) is 0 Å². The molecular weight excluding hydrogens is 268 g/mol. The molecule has 108 valence electrons. The number of carbonyl (C=O) groups excluding carboxylic acids is 1. The minimum Gasteiger partial charge on any atom is -0.385 e. The van der Waals surface area contributed by atoms with E-state index in [1.165, 1.54) is 5.56 Å². The number of hydrogen-bond donors (Lipinski definition) is 2. The molecule has 6 nitrogen and oxygen atoms in total. The van der Waals surface area contributed by atoms with Crippen molar-refractivity contribution >= 4 is 11.6 Å². The van der Waals surface area contributed by atoms with E-state index in [4.69, 9.17) is 4.52 Å². The molecule has 2 N–H and O–H groups in total. The van der Waals surface area contributed by atoms with E-state index in [0.717, 1.165) is 43.5 Å². The zero-order valence-corrected chi connectivity index (χ0v) is 11.6. The topological polar surface area (TPSA) is 80.0 Å². The number of benzene rings is 1. The van der Waals surface area contributed by atoms with E-state index in [2.05, 4.69) is 26.8 Å². The van der Waals surface area contributed by atoms with Gasteiger partial charge in [0.1, 0.15) is 0 Å². The molecule has 1 saturated carbocycles. The Hall–Kier alpha value is -2.37. The summed E-state index contributed by atoms with van der Waals surface area (Å²) in [5.41, 5.74) is 3.27. The van der Waals surface area contributed by atoms with Crippen LogP contribution in [-0.2, 0) is 6.42 Å². The van der Waals surface area contributed by atoms with E-state index in [9.17, 15) is 4.79 Å². The van der Waals surface area contributed by atoms with E-state index >= 15 is 0 Å². The Bertz CT molecular complexity index is 691. The third-order valence-electron chi connectivity index (χ3n) is 3.83. The molecule has 2 aliphatic rings. The molecule has 21 heavy (non-hydrogen) atoms. The predicted octanol–water partition coefficient (Wildman–Crippen LogP) is 1.99. The van der Waals surface area contributed by atoms with Crippen molar-refractivity contribution in [1.82, 2.24) is 15.5 Å². The van der Waals surface area contributed by atoms with Crippen LogP contribution in [0.25, 0.3) is 11.5 Å². The first-order valence-corrected chi connectivity index (χ1v) is 7.31. The maximum atomic E-state index is 11.9. The zero-order chi connectivity index (χ0) is 14.2. The number of carbonyl (C=O) groups is 1. The van der Waals surface area contributed by atoms with Crippen LogP contribution in [0.5, 0.6) is 0 Å². The van der Waals surface area contributed by atoms with Gasteiger partial charge in [0.25, 0.3) is 17.6 Å². The lowest BCUT2D eigenvalue weighted by atomic mass is 10.0. The largest absolute Gasteiger partial charge is 0.385 e. The Morgan fingerprint density at radius 3 is 3.14 bits per heavy atom. The first-order chi connectivity index (χ1) is 10.3. The van der Waals surface area contributed by atoms with Gasteiger partial charge in [-0.2, -0.15) is 4.98 Å². The molecule has 0 radical (unpaired) electrons. The summed E-state index contributed by atoms with van der Waals surface area (Å²) in [4.78, 5) is 16.1. The lowest BCUT2D eigenvalue weighted by Crippen LogP contribution is -2.26. The van der Waals surface area contributed by atoms with Crippen LogP contribution in [0.2, 0.25) is 0 Å². The molecule has 0 unspecified atom stereocenters. The summed E-state index contributed by atoms with van der Waals surface area (Å²) >= 11 is 0. The molecular formula is C15H16N4O2. The second-order valence-electron chi connectivity index (χ2n) is 5.57. The first-order valence-electron chi connectivity index (χ1n) is 7.31. The number of nitrogens with one attached hydrogen (secondary N) is 2. The van der Waals surface area contributed by atoms with Crippen molar-refractivity contribution in [2.45, 2.75) is 31.7 Å². The number of hydrogen-bond acceptors (Lipinski definition) is 5. The Balaban J connectivity index is 1.58. The van der Waals surface area contributed by atoms with Crippen LogP contribution in [0, 0.1) is 0 Å². The van der Waals surface area contributed by atoms with Crippen LogP contribution in [0.4, 0.5) is 5.69 Å². The summed E-state index contributed by atoms with van der Waals surface area (Å²) in [5.74, 6) is 0.240. The highest BCUT2D eigenvalue weighted by Gasteiger charge is 2.26. The maximum Gasteiger partial charge on any atom is 0.292 e. The molecule has 6 heteroatoms. The van der Waals surface area contributed by atoms with E-state index < -0.39 is 0 Å². The molecule has 2 aromatic rings. The van der Waals surface area contributed by atoms with Crippen LogP contribution < -0.4 is 10.6 Å². The quantitative estimate of drug-likeness (QED) is 0.901. The highest BCUT2D eigenvalue weighted by molar-refractivity contribution is 5.91. The van der Waals surface area contributed by atoms with Gasteiger partial charge in [0.2, 0.25) is 0 Å². The van der Waals surface area contributed by atoms with Crippen molar-refractivity contribution in [1.29, 1.82) is 0 Å². The normalized spacial score (nSPS) is 17.0. The van der Waals surface area contributed by atoms with Gasteiger partial charge >= 0.3 is 0 Å². The number of aryl methyl sites for hydroxylation is 1. The van der Waals surface area contributed by atoms with Gasteiger partial charge < -0.3 is 15.2 Å². The van der Waals surface area contributed by atoms with Gasteiger partial charge in [-0.1, -0.05) is 5.16 Å². The summed E-state index contributed by atoms with van der Waals surface area (Å²) < 4.78 is 5.22. The number of fused-ring (bicyclic) bond motifs is 1. The Labute approximate surface area is 121 Å². The molecule has 0 bridgehead atoms. The summed E-state index contributed by atoms with van der Waals surface area (Å²) in [6, 6.07) is 6.30. The van der Waals surface area contributed by atoms with Crippen molar-refractivity contribution in [2.24, 2.45) is 0 Å². The number of rotatable bonds is 3. The van der Waals surface area contributed by atoms with Gasteiger partial charge in [-0.25, -0.2) is 0 Å². The molecule has 1 aliphatic carbocycles. The fraction of sp³-hybridized carbons (Fsp3) is 0.400. The SMILES string of the molecule is O=C(NC1CC1)c1noc(-c2ccc3c(c2)CCCN3)n1. The number of anilines is 1. The Morgan fingerprint density at radius 1 is 1.38 bits per heavy atom. The average molecular weight is 284 g/mol. The minimum atomic E-state index is -0.257. The molecule has 1 amide bonds. The van der Waals surface area contributed by atoms with E-state index in [1.807, 2.05) is 12.1 Å². The molecule has 0 spiro atoms. The summed E-state index contributed by atoms with van der Waals surface area (Å²) in [7, 11) is 0. The Kier molecular flexibility index (Phi) is 2.87. The lowest BCUT2D eigenvalue weighted by Gasteiger charge is -2.17. The van der Waals surface area contributed by atoms with Gasteiger partial charge in [-0.3, -0.25) is 4.79 Å². The van der Waals surface area contributed by atoms with Crippen molar-refractivity contribution in [3.05, 3.63) is 29.6 Å². The molecule has 0 atom stereocenters. The second kappa shape index (κ2) is 4.87. The maximum absolute atomic E-state index is 11.9. The third-order valence-corrected chi connectivity index (χ3v) is 3.83. The van der Waals surface area contributed by atoms with Gasteiger partial charge in [-0.05, 0) is 49.4 Å². The predicted molar refractivity (Wildman–Crippen MR) is 77.0 cm³/mol. The lowest BCUT2D eigenvalue weighted by molar-refractivity contribution is 0.0937. The third kappa shape index (κ3) is 2.49. The van der Waals surface area contributed by atoms with Gasteiger partial charge in [0.15, 0.2) is 0 Å². The molecule has 4 rings (SSSR count). The van der Waals surface area contributed by atoms with Crippen LogP contribution in [0.15, 0.2) is 22.7 Å². The van der Waals surface area contributed by atoms with Gasteiger partial charge in [0.05, 0.1) is 0 Å². The monoisotopic (exact) mass is 284 g/mol. The molecule has 0 saturated heterocycles. The first kappa shape index (κ1) is 12.4. The standard InChI is InChI=1S/C15H16N4O2/c20-14(17-11-4-5-11)13-18-15(21-19-13)10-3-6-12-9(8-10)2-1-7-16-12/h3,6,8,11,16H,1-2,4-5,7H2,(H,17,20). The summed E-state index contributed by atoms with van der Waals surface area (Å²) in [6.45, 7) is 1.01. The van der Waals surface area contributed by atoms with Crippen LogP contribution in [0.1, 0.15) is 35.4 Å². The number of aromatic nitrogens is 2. The van der Waals surface area contributed by atoms with Crippen LogP contribution in [-0.4, -0.2) is 28.6 Å². The van der Waals surface area contributed by atoms with Crippen LogP contribution in [0.3, 0.4) is 0 Å². The van der Waals surface area contributed by atoms with E-state index in [0.29, 0.717) is 5.89 Å². The van der Waals surface area contributed by atoms with E-state index in [-0.39, 0.29) is 17.8 Å². The molecule has 1 aromatic carbocycles. The van der Waals surface area contributed by atoms with Crippen molar-refractivity contribution in [3.8, 4) is 11.5 Å². The fourth-order valence-electron chi connectivity index (χ4n) is 2.52. The summed E-state index contributed by atoms with van der Waals surface area (Å²) in [6.07, 6.45) is 4.23. The van der Waals surface area contributed by atoms with Crippen LogP contribution >= 0.6 is 0 Å². The van der Waals surface area contributed by atoms with Crippen molar-refractivity contribution < 1.29 is 9.32 Å². The fourth-order valence-corrected chi connectivity index (χ4v) is 2.52.